The molecule has 2 amide bonds. The third kappa shape index (κ3) is 6.08. The summed E-state index contributed by atoms with van der Waals surface area (Å²) in [7, 11) is -3.92. The van der Waals surface area contributed by atoms with Crippen LogP contribution in [0.25, 0.3) is 10.9 Å². The first kappa shape index (κ1) is 27.2. The highest BCUT2D eigenvalue weighted by molar-refractivity contribution is 7.93. The minimum Gasteiger partial charge on any atom is -0.336 e. The number of anilines is 2. The third-order valence-corrected chi connectivity index (χ3v) is 7.91. The summed E-state index contributed by atoms with van der Waals surface area (Å²) in [5.74, 6) is -2.24. The largest absolute Gasteiger partial charge is 0.336 e. The van der Waals surface area contributed by atoms with E-state index in [1.165, 1.54) is 24.4 Å². The van der Waals surface area contributed by atoms with Crippen LogP contribution >= 0.6 is 0 Å². The van der Waals surface area contributed by atoms with Crippen molar-refractivity contribution in [3.63, 3.8) is 0 Å². The first-order valence-corrected chi connectivity index (χ1v) is 13.9. The lowest BCUT2D eigenvalue weighted by Crippen LogP contribution is -2.50. The maximum Gasteiger partial charge on any atom is 0.264 e. The zero-order valence-electron chi connectivity index (χ0n) is 21.2. The molecule has 3 aromatic carbocycles. The van der Waals surface area contributed by atoms with Crippen LogP contribution in [0.1, 0.15) is 10.4 Å². The first-order chi connectivity index (χ1) is 19.2. The quantitative estimate of drug-likeness (QED) is 0.354. The Hall–Kier alpha value is -4.42. The fraction of sp³-hybridized carbons (Fsp3) is 0.179. The average molecular weight is 566 g/mol. The van der Waals surface area contributed by atoms with Crippen LogP contribution in [0.5, 0.6) is 0 Å². The Bertz CT molecular complexity index is 1670. The predicted molar refractivity (Wildman–Crippen MR) is 146 cm³/mol. The topological polar surface area (TPSA) is 112 Å². The van der Waals surface area contributed by atoms with Crippen molar-refractivity contribution in [2.45, 2.75) is 4.90 Å². The fourth-order valence-corrected chi connectivity index (χ4v) is 5.70. The second-order valence-electron chi connectivity index (χ2n) is 9.25. The van der Waals surface area contributed by atoms with Crippen LogP contribution in [-0.2, 0) is 14.8 Å². The van der Waals surface area contributed by atoms with E-state index in [4.69, 9.17) is 0 Å². The lowest BCUT2D eigenvalue weighted by atomic mass is 10.1. The number of aromatic nitrogens is 1. The van der Waals surface area contributed by atoms with Crippen LogP contribution in [0, 0.1) is 11.6 Å². The number of fused-ring (bicyclic) bond motifs is 1. The number of rotatable bonds is 7. The Balaban J connectivity index is 1.16. The van der Waals surface area contributed by atoms with E-state index in [0.717, 1.165) is 12.1 Å². The van der Waals surface area contributed by atoms with E-state index in [-0.39, 0.29) is 23.0 Å². The summed E-state index contributed by atoms with van der Waals surface area (Å²) < 4.78 is 55.4. The molecule has 0 aliphatic carbocycles. The average Bonchev–Trinajstić information content (AvgIpc) is 2.94. The highest BCUT2D eigenvalue weighted by atomic mass is 32.2. The number of amides is 2. The number of sulfonamides is 1. The molecule has 0 atom stereocenters. The fourth-order valence-electron chi connectivity index (χ4n) is 4.46. The predicted octanol–water partition coefficient (Wildman–Crippen LogP) is 3.71. The normalized spacial score (nSPS) is 14.2. The number of pyridine rings is 1. The van der Waals surface area contributed by atoms with Gasteiger partial charge in [-0.05, 0) is 48.5 Å². The monoisotopic (exact) mass is 565 g/mol. The van der Waals surface area contributed by atoms with Crippen molar-refractivity contribution in [3.8, 4) is 0 Å². The molecule has 40 heavy (non-hydrogen) atoms. The SMILES string of the molecule is O=C(CN1CCN(C(=O)c2ccc(NS(=O)(=O)c3cccc4cccnc34)cc2)CC1)Nc1ccc(F)cc1F. The number of nitrogens with one attached hydrogen (secondary N) is 2. The molecule has 0 saturated carbocycles. The van der Waals surface area contributed by atoms with Crippen molar-refractivity contribution < 1.29 is 26.8 Å². The van der Waals surface area contributed by atoms with Gasteiger partial charge in [-0.2, -0.15) is 0 Å². The molecule has 5 rings (SSSR count). The van der Waals surface area contributed by atoms with Gasteiger partial charge in [0.05, 0.1) is 17.7 Å². The summed E-state index contributed by atoms with van der Waals surface area (Å²) in [5.41, 5.74) is 0.967. The lowest BCUT2D eigenvalue weighted by molar-refractivity contribution is -0.117. The van der Waals surface area contributed by atoms with Gasteiger partial charge in [0.2, 0.25) is 5.91 Å². The zero-order chi connectivity index (χ0) is 28.3. The van der Waals surface area contributed by atoms with Crippen LogP contribution in [-0.4, -0.2) is 67.7 Å². The molecule has 0 radical (unpaired) electrons. The molecule has 4 aromatic rings. The molecule has 0 bridgehead atoms. The number of piperazine rings is 1. The number of benzene rings is 3. The molecule has 2 heterocycles. The van der Waals surface area contributed by atoms with Gasteiger partial charge in [0.25, 0.3) is 15.9 Å². The maximum absolute atomic E-state index is 13.8. The Kier molecular flexibility index (Phi) is 7.71. The maximum atomic E-state index is 13.8. The molecule has 1 saturated heterocycles. The van der Waals surface area contributed by atoms with E-state index in [0.29, 0.717) is 54.4 Å². The molecule has 12 heteroatoms. The van der Waals surface area contributed by atoms with Gasteiger partial charge in [0.1, 0.15) is 16.5 Å². The van der Waals surface area contributed by atoms with Gasteiger partial charge in [-0.1, -0.05) is 18.2 Å². The molecule has 2 N–H and O–H groups in total. The minimum absolute atomic E-state index is 0.0000916. The van der Waals surface area contributed by atoms with Crippen LogP contribution in [0.3, 0.4) is 0 Å². The minimum atomic E-state index is -3.92. The molecular weight excluding hydrogens is 540 g/mol. The number of nitrogens with zero attached hydrogens (tertiary/aromatic N) is 3. The van der Waals surface area contributed by atoms with Gasteiger partial charge in [-0.15, -0.1) is 0 Å². The molecule has 1 aliphatic rings. The van der Waals surface area contributed by atoms with Gasteiger partial charge < -0.3 is 10.2 Å². The van der Waals surface area contributed by atoms with Gasteiger partial charge in [-0.25, -0.2) is 17.2 Å². The summed E-state index contributed by atoms with van der Waals surface area (Å²) >= 11 is 0. The smallest absolute Gasteiger partial charge is 0.264 e. The number of carbonyl (C=O) groups is 2. The van der Waals surface area contributed by atoms with Crippen molar-refractivity contribution >= 4 is 44.1 Å². The number of hydrogen-bond donors (Lipinski definition) is 2. The third-order valence-electron chi connectivity index (χ3n) is 6.50. The summed E-state index contributed by atoms with van der Waals surface area (Å²) in [6, 6.07) is 17.5. The summed E-state index contributed by atoms with van der Waals surface area (Å²) in [5, 5.41) is 3.13. The van der Waals surface area contributed by atoms with E-state index >= 15 is 0 Å². The van der Waals surface area contributed by atoms with Gasteiger partial charge in [0, 0.05) is 55.1 Å². The Morgan fingerprint density at radius 2 is 1.62 bits per heavy atom. The van der Waals surface area contributed by atoms with Crippen molar-refractivity contribution in [1.82, 2.24) is 14.8 Å². The van der Waals surface area contributed by atoms with Crippen molar-refractivity contribution in [1.29, 1.82) is 0 Å². The first-order valence-electron chi connectivity index (χ1n) is 12.4. The summed E-state index contributed by atoms with van der Waals surface area (Å²) in [6.07, 6.45) is 1.53. The van der Waals surface area contributed by atoms with Crippen molar-refractivity contribution in [2.75, 3.05) is 42.8 Å². The standard InChI is InChI=1S/C28H25F2N5O4S/c29-21-8-11-24(23(30)17-21)32-26(36)18-34-13-15-35(16-14-34)28(37)20-6-9-22(10-7-20)33-40(38,39)25-5-1-3-19-4-2-12-31-27(19)25/h1-12,17,33H,13-16,18H2,(H,32,36). The van der Waals surface area contributed by atoms with E-state index in [1.807, 2.05) is 4.90 Å². The molecule has 1 fully saturated rings. The van der Waals surface area contributed by atoms with Crippen LogP contribution in [0.15, 0.2) is 83.9 Å². The lowest BCUT2D eigenvalue weighted by Gasteiger charge is -2.34. The number of para-hydroxylation sites is 1. The van der Waals surface area contributed by atoms with Crippen molar-refractivity contribution in [3.05, 3.63) is 96.2 Å². The Morgan fingerprint density at radius 1 is 0.900 bits per heavy atom. The molecule has 1 aliphatic heterocycles. The second kappa shape index (κ2) is 11.4. The molecule has 0 spiro atoms. The van der Waals surface area contributed by atoms with Gasteiger partial charge in [0.15, 0.2) is 0 Å². The van der Waals surface area contributed by atoms with E-state index in [9.17, 15) is 26.8 Å². The highest BCUT2D eigenvalue weighted by Crippen LogP contribution is 2.24. The number of carbonyl (C=O) groups excluding carboxylic acids is 2. The van der Waals surface area contributed by atoms with Crippen LogP contribution in [0.4, 0.5) is 20.2 Å². The summed E-state index contributed by atoms with van der Waals surface area (Å²) in [6.45, 7) is 1.61. The molecule has 9 nitrogen and oxygen atoms in total. The molecule has 1 aromatic heterocycles. The van der Waals surface area contributed by atoms with Crippen molar-refractivity contribution in [2.24, 2.45) is 0 Å². The Morgan fingerprint density at radius 3 is 2.35 bits per heavy atom. The van der Waals surface area contributed by atoms with Gasteiger partial charge >= 0.3 is 0 Å². The van der Waals surface area contributed by atoms with Gasteiger partial charge in [-0.3, -0.25) is 24.2 Å². The molecule has 0 unspecified atom stereocenters. The Labute approximate surface area is 229 Å². The van der Waals surface area contributed by atoms with E-state index in [1.54, 1.807) is 41.3 Å². The molecule has 206 valence electrons. The number of halogens is 2. The van der Waals surface area contributed by atoms with E-state index < -0.39 is 27.6 Å². The van der Waals surface area contributed by atoms with Crippen LogP contribution in [0.2, 0.25) is 0 Å². The summed E-state index contributed by atoms with van der Waals surface area (Å²) in [4.78, 5) is 33.0. The van der Waals surface area contributed by atoms with Crippen LogP contribution < -0.4 is 10.0 Å². The van der Waals surface area contributed by atoms with E-state index in [2.05, 4.69) is 15.0 Å². The number of hydrogen-bond acceptors (Lipinski definition) is 6. The highest BCUT2D eigenvalue weighted by Gasteiger charge is 2.24. The molecular formula is C28H25F2N5O4S. The second-order valence-corrected chi connectivity index (χ2v) is 10.9. The zero-order valence-corrected chi connectivity index (χ0v) is 22.0.